The van der Waals surface area contributed by atoms with E-state index < -0.39 is 11.9 Å². The van der Waals surface area contributed by atoms with E-state index in [9.17, 15) is 13.2 Å². The molecule has 0 amide bonds. The van der Waals surface area contributed by atoms with Crippen LogP contribution in [0.25, 0.3) is 5.82 Å². The second-order valence-electron chi connectivity index (χ2n) is 6.29. The Balaban J connectivity index is 1.92. The zero-order valence-corrected chi connectivity index (χ0v) is 13.9. The molecule has 1 saturated carbocycles. The molecule has 0 aromatic carbocycles. The molecule has 25 heavy (non-hydrogen) atoms. The van der Waals surface area contributed by atoms with Crippen molar-refractivity contribution >= 4 is 5.69 Å². The highest BCUT2D eigenvalue weighted by Crippen LogP contribution is 2.29. The Morgan fingerprint density at radius 2 is 1.92 bits per heavy atom. The van der Waals surface area contributed by atoms with E-state index in [4.69, 9.17) is 5.73 Å². The molecule has 0 atom stereocenters. The lowest BCUT2D eigenvalue weighted by atomic mass is 9.90. The number of aromatic nitrogens is 3. The number of alkyl halides is 3. The van der Waals surface area contributed by atoms with Gasteiger partial charge in [-0.2, -0.15) is 18.3 Å². The first-order valence-electron chi connectivity index (χ1n) is 8.27. The van der Waals surface area contributed by atoms with Crippen LogP contribution in [0, 0.1) is 24.7 Å². The summed E-state index contributed by atoms with van der Waals surface area (Å²) in [5, 5.41) is 3.61. The van der Waals surface area contributed by atoms with Crippen LogP contribution in [0.2, 0.25) is 0 Å². The Morgan fingerprint density at radius 3 is 2.56 bits per heavy atom. The normalized spacial score (nSPS) is 15.7. The van der Waals surface area contributed by atoms with Crippen LogP contribution in [0.15, 0.2) is 18.2 Å². The lowest BCUT2D eigenvalue weighted by Gasteiger charge is -2.15. The summed E-state index contributed by atoms with van der Waals surface area (Å²) in [5.74, 6) is 6.81. The second-order valence-corrected chi connectivity index (χ2v) is 6.29. The van der Waals surface area contributed by atoms with Crippen LogP contribution in [0.1, 0.15) is 49.2 Å². The average molecular weight is 348 g/mol. The van der Waals surface area contributed by atoms with E-state index in [1.807, 2.05) is 0 Å². The van der Waals surface area contributed by atoms with E-state index >= 15 is 0 Å². The molecule has 132 valence electrons. The molecule has 0 spiro atoms. The average Bonchev–Trinajstić information content (AvgIpc) is 2.97. The minimum absolute atomic E-state index is 0.273. The van der Waals surface area contributed by atoms with Crippen molar-refractivity contribution in [2.75, 3.05) is 5.73 Å². The van der Waals surface area contributed by atoms with Gasteiger partial charge in [-0.3, -0.25) is 0 Å². The van der Waals surface area contributed by atoms with Gasteiger partial charge in [-0.05, 0) is 43.9 Å². The standard InChI is InChI=1S/C18H19F3N4/c1-12-11-16(18(19,20)21)24-25(12)17-10-8-14(22)15(23-17)9-7-13-5-3-2-4-6-13/h8,10-11,13H,2-6,22H2,1H3. The fraction of sp³-hybridized carbons (Fsp3) is 0.444. The third kappa shape index (κ3) is 3.95. The van der Waals surface area contributed by atoms with Crippen molar-refractivity contribution in [1.29, 1.82) is 0 Å². The molecule has 1 aliphatic carbocycles. The van der Waals surface area contributed by atoms with Crippen molar-refractivity contribution in [2.24, 2.45) is 5.92 Å². The zero-order chi connectivity index (χ0) is 18.0. The van der Waals surface area contributed by atoms with Gasteiger partial charge in [-0.1, -0.05) is 25.2 Å². The molecule has 3 rings (SSSR count). The number of hydrogen-bond donors (Lipinski definition) is 1. The maximum absolute atomic E-state index is 12.8. The van der Waals surface area contributed by atoms with Gasteiger partial charge >= 0.3 is 6.18 Å². The molecule has 2 aromatic heterocycles. The van der Waals surface area contributed by atoms with Gasteiger partial charge < -0.3 is 5.73 Å². The fourth-order valence-corrected chi connectivity index (χ4v) is 2.94. The summed E-state index contributed by atoms with van der Waals surface area (Å²) in [5.41, 5.74) is 6.11. The zero-order valence-electron chi connectivity index (χ0n) is 13.9. The number of halogens is 3. The number of anilines is 1. The van der Waals surface area contributed by atoms with Crippen molar-refractivity contribution in [3.63, 3.8) is 0 Å². The Kier molecular flexibility index (Phi) is 4.71. The number of rotatable bonds is 1. The van der Waals surface area contributed by atoms with Gasteiger partial charge in [0.05, 0.1) is 5.69 Å². The van der Waals surface area contributed by atoms with Crippen LogP contribution in [-0.2, 0) is 6.18 Å². The summed E-state index contributed by atoms with van der Waals surface area (Å²) in [7, 11) is 0. The SMILES string of the molecule is Cc1cc(C(F)(F)F)nn1-c1ccc(N)c(C#CC2CCCCC2)n1. The number of aryl methyl sites for hydroxylation is 1. The van der Waals surface area contributed by atoms with E-state index in [2.05, 4.69) is 21.9 Å². The van der Waals surface area contributed by atoms with Crippen molar-refractivity contribution < 1.29 is 13.2 Å². The summed E-state index contributed by atoms with van der Waals surface area (Å²) in [6.45, 7) is 1.55. The first kappa shape index (κ1) is 17.3. The Morgan fingerprint density at radius 1 is 1.20 bits per heavy atom. The predicted molar refractivity (Wildman–Crippen MR) is 89.0 cm³/mol. The Bertz CT molecular complexity index is 821. The van der Waals surface area contributed by atoms with Crippen LogP contribution in [-0.4, -0.2) is 14.8 Å². The van der Waals surface area contributed by atoms with Gasteiger partial charge in [0.15, 0.2) is 11.5 Å². The van der Waals surface area contributed by atoms with Gasteiger partial charge in [-0.15, -0.1) is 0 Å². The third-order valence-electron chi connectivity index (χ3n) is 4.31. The maximum Gasteiger partial charge on any atom is 0.435 e. The minimum Gasteiger partial charge on any atom is -0.396 e. The summed E-state index contributed by atoms with van der Waals surface area (Å²) >= 11 is 0. The van der Waals surface area contributed by atoms with Gasteiger partial charge in [0.2, 0.25) is 0 Å². The van der Waals surface area contributed by atoms with Crippen molar-refractivity contribution in [1.82, 2.24) is 14.8 Å². The number of nitrogens with two attached hydrogens (primary N) is 1. The second kappa shape index (κ2) is 6.79. The first-order valence-corrected chi connectivity index (χ1v) is 8.27. The van der Waals surface area contributed by atoms with Gasteiger partial charge in [0.25, 0.3) is 0 Å². The number of pyridine rings is 1. The van der Waals surface area contributed by atoms with Crippen molar-refractivity contribution in [3.8, 4) is 17.7 Å². The summed E-state index contributed by atoms with van der Waals surface area (Å²) in [6, 6.07) is 4.13. The smallest absolute Gasteiger partial charge is 0.396 e. The molecule has 0 bridgehead atoms. The third-order valence-corrected chi connectivity index (χ3v) is 4.31. The Hall–Kier alpha value is -2.49. The molecule has 2 aromatic rings. The van der Waals surface area contributed by atoms with Crippen molar-refractivity contribution in [3.05, 3.63) is 35.3 Å². The molecule has 0 saturated heterocycles. The predicted octanol–water partition coefficient (Wildman–Crippen LogP) is 4.11. The maximum atomic E-state index is 12.8. The number of nitrogens with zero attached hydrogens (tertiary/aromatic N) is 3. The van der Waals surface area contributed by atoms with Crippen LogP contribution in [0.4, 0.5) is 18.9 Å². The largest absolute Gasteiger partial charge is 0.435 e. The fourth-order valence-electron chi connectivity index (χ4n) is 2.94. The molecule has 1 fully saturated rings. The van der Waals surface area contributed by atoms with Gasteiger partial charge in [-0.25, -0.2) is 9.67 Å². The Labute approximate surface area is 144 Å². The summed E-state index contributed by atoms with van der Waals surface area (Å²) in [6.07, 6.45) is 1.24. The van der Waals surface area contributed by atoms with Gasteiger partial charge in [0.1, 0.15) is 5.69 Å². The summed E-state index contributed by atoms with van der Waals surface area (Å²) < 4.78 is 39.6. The molecule has 7 heteroatoms. The lowest BCUT2D eigenvalue weighted by molar-refractivity contribution is -0.141. The van der Waals surface area contributed by atoms with Crippen LogP contribution < -0.4 is 5.73 Å². The topological polar surface area (TPSA) is 56.7 Å². The molecule has 4 nitrogen and oxygen atoms in total. The molecular weight excluding hydrogens is 329 g/mol. The van der Waals surface area contributed by atoms with E-state index in [0.29, 0.717) is 23.0 Å². The summed E-state index contributed by atoms with van der Waals surface area (Å²) in [4.78, 5) is 4.32. The highest BCUT2D eigenvalue weighted by molar-refractivity contribution is 5.54. The van der Waals surface area contributed by atoms with E-state index in [1.54, 1.807) is 19.1 Å². The van der Waals surface area contributed by atoms with E-state index in [-0.39, 0.29) is 5.82 Å². The number of hydrogen-bond acceptors (Lipinski definition) is 3. The molecule has 0 unspecified atom stereocenters. The quantitative estimate of drug-likeness (QED) is 0.789. The highest BCUT2D eigenvalue weighted by Gasteiger charge is 2.34. The molecule has 0 radical (unpaired) electrons. The van der Waals surface area contributed by atoms with E-state index in [0.717, 1.165) is 23.6 Å². The molecule has 2 heterocycles. The highest BCUT2D eigenvalue weighted by atomic mass is 19.4. The van der Waals surface area contributed by atoms with Crippen LogP contribution in [0.3, 0.4) is 0 Å². The van der Waals surface area contributed by atoms with Crippen LogP contribution in [0.5, 0.6) is 0 Å². The minimum atomic E-state index is -4.49. The lowest BCUT2D eigenvalue weighted by Crippen LogP contribution is -2.09. The van der Waals surface area contributed by atoms with Crippen molar-refractivity contribution in [2.45, 2.75) is 45.2 Å². The molecule has 0 aliphatic heterocycles. The van der Waals surface area contributed by atoms with Gasteiger partial charge in [0, 0.05) is 11.6 Å². The monoisotopic (exact) mass is 348 g/mol. The molecular formula is C18H19F3N4. The molecule has 2 N–H and O–H groups in total. The first-order chi connectivity index (χ1) is 11.8. The van der Waals surface area contributed by atoms with E-state index in [1.165, 1.54) is 19.3 Å². The van der Waals surface area contributed by atoms with Crippen LogP contribution >= 0.6 is 0 Å². The molecule has 1 aliphatic rings. The number of nitrogen functional groups attached to an aromatic ring is 1.